The highest BCUT2D eigenvalue weighted by Gasteiger charge is 2.20. The van der Waals surface area contributed by atoms with Gasteiger partial charge in [-0.15, -0.1) is 16.4 Å². The third kappa shape index (κ3) is 3.50. The van der Waals surface area contributed by atoms with Crippen LogP contribution in [0.3, 0.4) is 0 Å². The Morgan fingerprint density at radius 2 is 1.97 bits per heavy atom. The van der Waals surface area contributed by atoms with E-state index in [1.54, 1.807) is 34.4 Å². The number of amides is 1. The normalized spacial score (nSPS) is 13.3. The van der Waals surface area contributed by atoms with Gasteiger partial charge in [0.25, 0.3) is 5.56 Å². The zero-order valence-corrected chi connectivity index (χ0v) is 16.9. The van der Waals surface area contributed by atoms with E-state index in [4.69, 9.17) is 0 Å². The summed E-state index contributed by atoms with van der Waals surface area (Å²) < 4.78 is 3.08. The molecular weight excluding hydrogens is 402 g/mol. The first-order chi connectivity index (χ1) is 14.7. The van der Waals surface area contributed by atoms with Gasteiger partial charge < -0.3 is 5.32 Å². The molecule has 10 heteroatoms. The number of aryl methyl sites for hydroxylation is 3. The van der Waals surface area contributed by atoms with Crippen LogP contribution in [0.25, 0.3) is 15.9 Å². The Bertz CT molecular complexity index is 1260. The van der Waals surface area contributed by atoms with Crippen LogP contribution in [-0.2, 0) is 24.2 Å². The average molecular weight is 421 g/mol. The summed E-state index contributed by atoms with van der Waals surface area (Å²) in [6.07, 6.45) is 7.50. The molecule has 3 aromatic heterocycles. The molecule has 1 amide bonds. The van der Waals surface area contributed by atoms with E-state index < -0.39 is 0 Å². The second-order valence-corrected chi connectivity index (χ2v) is 8.32. The van der Waals surface area contributed by atoms with Crippen molar-refractivity contribution < 1.29 is 4.79 Å². The topological polar surface area (TPSA) is 108 Å². The van der Waals surface area contributed by atoms with Crippen molar-refractivity contribution in [3.05, 3.63) is 57.7 Å². The number of benzene rings is 1. The first kappa shape index (κ1) is 18.6. The summed E-state index contributed by atoms with van der Waals surface area (Å²) in [5.74, 6) is -0.162. The second-order valence-electron chi connectivity index (χ2n) is 7.23. The summed E-state index contributed by atoms with van der Waals surface area (Å²) in [6.45, 7) is 0.293. The standard InChI is InChI=1S/C20H19N7O2S/c28-17(23-13-5-7-14(8-6-13)27-12-22-24-25-27)9-10-26-11-21-19-18(20(26)29)15-3-1-2-4-16(15)30-19/h5-8,11-12H,1-4,9-10H2,(H,23,28). The van der Waals surface area contributed by atoms with Crippen LogP contribution in [0, 0.1) is 0 Å². The Morgan fingerprint density at radius 3 is 2.77 bits per heavy atom. The minimum absolute atomic E-state index is 0.0435. The molecule has 0 unspecified atom stereocenters. The van der Waals surface area contributed by atoms with Crippen molar-refractivity contribution in [1.82, 2.24) is 29.8 Å². The zero-order valence-electron chi connectivity index (χ0n) is 16.1. The van der Waals surface area contributed by atoms with E-state index in [2.05, 4.69) is 25.8 Å². The van der Waals surface area contributed by atoms with Crippen LogP contribution in [0.1, 0.15) is 29.7 Å². The number of tetrazole rings is 1. The quantitative estimate of drug-likeness (QED) is 0.530. The lowest BCUT2D eigenvalue weighted by molar-refractivity contribution is -0.116. The van der Waals surface area contributed by atoms with Crippen molar-refractivity contribution in [3.8, 4) is 5.69 Å². The number of hydrogen-bond donors (Lipinski definition) is 1. The smallest absolute Gasteiger partial charge is 0.262 e. The van der Waals surface area contributed by atoms with Gasteiger partial charge in [0.1, 0.15) is 11.2 Å². The van der Waals surface area contributed by atoms with Crippen molar-refractivity contribution in [2.75, 3.05) is 5.32 Å². The molecule has 152 valence electrons. The molecule has 30 heavy (non-hydrogen) atoms. The highest BCUT2D eigenvalue weighted by atomic mass is 32.1. The fourth-order valence-electron chi connectivity index (χ4n) is 3.76. The number of carbonyl (C=O) groups excluding carboxylic acids is 1. The molecule has 0 aliphatic heterocycles. The van der Waals surface area contributed by atoms with Gasteiger partial charge in [-0.3, -0.25) is 14.2 Å². The van der Waals surface area contributed by atoms with E-state index in [0.29, 0.717) is 12.2 Å². The molecule has 5 rings (SSSR count). The summed E-state index contributed by atoms with van der Waals surface area (Å²) >= 11 is 1.63. The monoisotopic (exact) mass is 421 g/mol. The number of aromatic nitrogens is 6. The molecule has 1 aliphatic carbocycles. The molecule has 0 atom stereocenters. The Morgan fingerprint density at radius 1 is 1.13 bits per heavy atom. The van der Waals surface area contributed by atoms with Gasteiger partial charge in [-0.1, -0.05) is 0 Å². The number of carbonyl (C=O) groups is 1. The van der Waals surface area contributed by atoms with Gasteiger partial charge in [0.2, 0.25) is 5.91 Å². The maximum Gasteiger partial charge on any atom is 0.262 e. The van der Waals surface area contributed by atoms with Crippen molar-refractivity contribution in [1.29, 1.82) is 0 Å². The van der Waals surface area contributed by atoms with Crippen LogP contribution in [0.4, 0.5) is 5.69 Å². The van der Waals surface area contributed by atoms with Crippen LogP contribution in [0.5, 0.6) is 0 Å². The highest BCUT2D eigenvalue weighted by molar-refractivity contribution is 7.18. The second kappa shape index (κ2) is 7.79. The summed E-state index contributed by atoms with van der Waals surface area (Å²) in [7, 11) is 0. The van der Waals surface area contributed by atoms with Crippen LogP contribution < -0.4 is 10.9 Å². The van der Waals surface area contributed by atoms with Gasteiger partial charge in [0, 0.05) is 23.5 Å². The Balaban J connectivity index is 1.27. The summed E-state index contributed by atoms with van der Waals surface area (Å²) in [5, 5.41) is 14.6. The number of nitrogens with one attached hydrogen (secondary N) is 1. The van der Waals surface area contributed by atoms with Crippen LogP contribution in [0.2, 0.25) is 0 Å². The highest BCUT2D eigenvalue weighted by Crippen LogP contribution is 2.33. The Hall–Kier alpha value is -3.40. The van der Waals surface area contributed by atoms with E-state index >= 15 is 0 Å². The predicted octanol–water partition coefficient (Wildman–Crippen LogP) is 2.34. The molecule has 0 radical (unpaired) electrons. The van der Waals surface area contributed by atoms with Gasteiger partial charge in [-0.25, -0.2) is 9.67 Å². The molecule has 1 N–H and O–H groups in total. The fourth-order valence-corrected chi connectivity index (χ4v) is 4.98. The minimum Gasteiger partial charge on any atom is -0.326 e. The summed E-state index contributed by atoms with van der Waals surface area (Å²) in [5.41, 5.74) is 2.59. The molecule has 0 fully saturated rings. The number of hydrogen-bond acceptors (Lipinski definition) is 7. The minimum atomic E-state index is -0.162. The number of rotatable bonds is 5. The van der Waals surface area contributed by atoms with E-state index in [1.807, 2.05) is 12.1 Å². The van der Waals surface area contributed by atoms with E-state index in [1.165, 1.54) is 27.9 Å². The van der Waals surface area contributed by atoms with Gasteiger partial charge >= 0.3 is 0 Å². The molecule has 9 nitrogen and oxygen atoms in total. The predicted molar refractivity (Wildman–Crippen MR) is 113 cm³/mol. The van der Waals surface area contributed by atoms with Gasteiger partial charge in [-0.05, 0) is 65.9 Å². The molecular formula is C20H19N7O2S. The fraction of sp³-hybridized carbons (Fsp3) is 0.300. The van der Waals surface area contributed by atoms with Crippen molar-refractivity contribution in [2.45, 2.75) is 38.6 Å². The largest absolute Gasteiger partial charge is 0.326 e. The molecule has 1 aliphatic rings. The molecule has 1 aromatic carbocycles. The van der Waals surface area contributed by atoms with E-state index in [9.17, 15) is 9.59 Å². The van der Waals surface area contributed by atoms with Crippen LogP contribution in [-0.4, -0.2) is 35.7 Å². The molecule has 0 spiro atoms. The molecule has 4 aromatic rings. The van der Waals surface area contributed by atoms with Gasteiger partial charge in [-0.2, -0.15) is 0 Å². The van der Waals surface area contributed by atoms with Crippen LogP contribution >= 0.6 is 11.3 Å². The number of fused-ring (bicyclic) bond motifs is 3. The maximum absolute atomic E-state index is 13.0. The lowest BCUT2D eigenvalue weighted by atomic mass is 9.97. The molecule has 0 saturated carbocycles. The van der Waals surface area contributed by atoms with Crippen molar-refractivity contribution >= 4 is 33.1 Å². The third-order valence-corrected chi connectivity index (χ3v) is 6.49. The number of thiophene rings is 1. The van der Waals surface area contributed by atoms with Gasteiger partial charge in [0.05, 0.1) is 17.4 Å². The van der Waals surface area contributed by atoms with Crippen molar-refractivity contribution in [2.24, 2.45) is 0 Å². The lowest BCUT2D eigenvalue weighted by Gasteiger charge is -2.10. The number of nitrogens with zero attached hydrogens (tertiary/aromatic N) is 6. The molecule has 0 bridgehead atoms. The summed E-state index contributed by atoms with van der Waals surface area (Å²) in [4.78, 5) is 31.9. The lowest BCUT2D eigenvalue weighted by Crippen LogP contribution is -2.24. The Kier molecular flexibility index (Phi) is 4.83. The third-order valence-electron chi connectivity index (χ3n) is 5.29. The van der Waals surface area contributed by atoms with Gasteiger partial charge in [0.15, 0.2) is 0 Å². The van der Waals surface area contributed by atoms with E-state index in [-0.39, 0.29) is 17.9 Å². The molecule has 3 heterocycles. The zero-order chi connectivity index (χ0) is 20.5. The SMILES string of the molecule is O=C(CCn1cnc2sc3c(c2c1=O)CCCC3)Nc1ccc(-n2cnnn2)cc1. The van der Waals surface area contributed by atoms with Crippen LogP contribution in [0.15, 0.2) is 41.7 Å². The number of anilines is 1. The summed E-state index contributed by atoms with van der Waals surface area (Å²) in [6, 6.07) is 7.20. The Labute approximate surface area is 175 Å². The first-order valence-electron chi connectivity index (χ1n) is 9.82. The molecule has 0 saturated heterocycles. The maximum atomic E-state index is 13.0. The van der Waals surface area contributed by atoms with E-state index in [0.717, 1.165) is 35.2 Å². The van der Waals surface area contributed by atoms with Crippen molar-refractivity contribution in [3.63, 3.8) is 0 Å². The average Bonchev–Trinajstić information content (AvgIpc) is 3.42. The first-order valence-corrected chi connectivity index (χ1v) is 10.6.